The van der Waals surface area contributed by atoms with E-state index in [0.717, 1.165) is 64.6 Å². The molecular weight excluding hydrogens is 852 g/mol. The minimum atomic E-state index is -2.19. The number of hydrogen-bond acceptors (Lipinski definition) is 6. The van der Waals surface area contributed by atoms with Crippen molar-refractivity contribution >= 4 is 150 Å². The lowest BCUT2D eigenvalue weighted by atomic mass is 9.98. The summed E-state index contributed by atoms with van der Waals surface area (Å²) in [6, 6.07) is 47.8. The van der Waals surface area contributed by atoms with Gasteiger partial charge in [0.15, 0.2) is 22.3 Å². The molecule has 282 valence electrons. The number of halogens is 4. The van der Waals surface area contributed by atoms with Gasteiger partial charge < -0.3 is 25.8 Å². The van der Waals surface area contributed by atoms with Crippen LogP contribution in [0.4, 0.5) is 0 Å². The van der Waals surface area contributed by atoms with E-state index >= 15 is 0 Å². The van der Waals surface area contributed by atoms with Crippen LogP contribution in [0.1, 0.15) is 0 Å². The van der Waals surface area contributed by atoms with Gasteiger partial charge in [-0.2, -0.15) is 6.07 Å². The van der Waals surface area contributed by atoms with Crippen LogP contribution in [0.25, 0.3) is 87.0 Å². The molecule has 0 N–H and O–H groups in total. The molecule has 58 heavy (non-hydrogen) atoms. The zero-order valence-electron chi connectivity index (χ0n) is 29.6. The van der Waals surface area contributed by atoms with Crippen LogP contribution in [-0.4, -0.2) is 0 Å². The summed E-state index contributed by atoms with van der Waals surface area (Å²) in [5.74, 6) is 0.530. The van der Waals surface area contributed by atoms with E-state index < -0.39 is 16.5 Å². The highest BCUT2D eigenvalue weighted by Crippen LogP contribution is 2.48. The largest absolute Gasteiger partial charge is 0.451 e. The summed E-state index contributed by atoms with van der Waals surface area (Å²) in [5, 5.41) is 12.1. The zero-order chi connectivity index (χ0) is 39.1. The molecule has 0 fully saturated rings. The molecule has 9 aromatic carbocycles. The van der Waals surface area contributed by atoms with Gasteiger partial charge in [-0.3, -0.25) is 0 Å². The summed E-state index contributed by atoms with van der Waals surface area (Å²) in [4.78, 5) is 0. The molecule has 11 aromatic rings. The Morgan fingerprint density at radius 2 is 0.638 bits per heavy atom. The van der Waals surface area contributed by atoms with E-state index in [-0.39, 0.29) is 11.5 Å². The molecule has 0 aliphatic rings. The van der Waals surface area contributed by atoms with Crippen molar-refractivity contribution in [3.05, 3.63) is 166 Å². The van der Waals surface area contributed by atoms with Gasteiger partial charge in [0.2, 0.25) is 0 Å². The van der Waals surface area contributed by atoms with E-state index in [9.17, 15) is 0 Å². The molecule has 11 rings (SSSR count). The van der Waals surface area contributed by atoms with Crippen LogP contribution in [0.3, 0.4) is 0 Å². The van der Waals surface area contributed by atoms with Gasteiger partial charge in [0.05, 0.1) is 20.1 Å². The fourth-order valence-corrected chi connectivity index (χ4v) is 11.0. The molecule has 2 aromatic heterocycles. The van der Waals surface area contributed by atoms with Gasteiger partial charge >= 0.3 is 16.5 Å². The predicted molar refractivity (Wildman–Crippen MR) is 240 cm³/mol. The third-order valence-electron chi connectivity index (χ3n) is 10.1. The lowest BCUT2D eigenvalue weighted by Gasteiger charge is -2.11. The van der Waals surface area contributed by atoms with Crippen LogP contribution in [0.2, 0.25) is 20.1 Å². The second-order valence-corrected chi connectivity index (χ2v) is 17.1. The van der Waals surface area contributed by atoms with Crippen molar-refractivity contribution in [2.45, 2.75) is 0 Å². The smallest absolute Gasteiger partial charge is 0.418 e. The van der Waals surface area contributed by atoms with Crippen LogP contribution < -0.4 is 9.05 Å². The lowest BCUT2D eigenvalue weighted by Crippen LogP contribution is -1.83. The van der Waals surface area contributed by atoms with E-state index in [0.29, 0.717) is 42.4 Å². The van der Waals surface area contributed by atoms with Crippen LogP contribution in [0.15, 0.2) is 156 Å². The molecule has 2 heterocycles. The molecule has 0 saturated carbocycles. The SMILES string of the molecule is Clc1cc2ccccc2c2c1op(Oc1[c-]c(Op3oc4c(Cl)cc5ccccc5c4c4c(o3)c(Cl)cc3ccccc34)ccc1)oc1c(Cl)cc3ccccc3c12. The average Bonchev–Trinajstić information content (AvgIpc) is 3.52. The molecule has 0 spiro atoms. The minimum absolute atomic E-state index is 0.265. The number of hydrogen-bond donors (Lipinski definition) is 0. The quantitative estimate of drug-likeness (QED) is 0.164. The molecule has 0 bridgehead atoms. The molecule has 0 radical (unpaired) electrons. The monoisotopic (exact) mass is 873 g/mol. The van der Waals surface area contributed by atoms with Gasteiger partial charge in [-0.05, 0) is 67.4 Å². The highest BCUT2D eigenvalue weighted by atomic mass is 35.5. The second-order valence-electron chi connectivity index (χ2n) is 13.5. The van der Waals surface area contributed by atoms with E-state index in [4.69, 9.17) is 72.2 Å². The summed E-state index contributed by atoms with van der Waals surface area (Å²) in [6.07, 6.45) is 0. The fraction of sp³-hybridized carbons (Fsp3) is 0. The summed E-state index contributed by atoms with van der Waals surface area (Å²) in [7, 11) is -4.37. The Morgan fingerprint density at radius 1 is 0.362 bits per heavy atom. The average molecular weight is 875 g/mol. The maximum Gasteiger partial charge on any atom is 0.451 e. The van der Waals surface area contributed by atoms with Crippen molar-refractivity contribution in [2.75, 3.05) is 0 Å². The van der Waals surface area contributed by atoms with Crippen LogP contribution in [-0.2, 0) is 0 Å². The maximum absolute atomic E-state index is 6.99. The summed E-state index contributed by atoms with van der Waals surface area (Å²) < 4.78 is 39.1. The first kappa shape index (κ1) is 35.7. The van der Waals surface area contributed by atoms with Gasteiger partial charge in [0.25, 0.3) is 0 Å². The molecule has 0 aliphatic carbocycles. The molecule has 6 nitrogen and oxygen atoms in total. The van der Waals surface area contributed by atoms with Crippen molar-refractivity contribution in [3.63, 3.8) is 0 Å². The van der Waals surface area contributed by atoms with Crippen molar-refractivity contribution in [3.8, 4) is 11.5 Å². The first-order valence-electron chi connectivity index (χ1n) is 17.9. The van der Waals surface area contributed by atoms with Crippen molar-refractivity contribution in [2.24, 2.45) is 0 Å². The molecule has 0 saturated heterocycles. The lowest BCUT2D eigenvalue weighted by molar-refractivity contribution is 0.484. The minimum Gasteiger partial charge on any atom is -0.418 e. The molecule has 12 heteroatoms. The van der Waals surface area contributed by atoms with E-state index in [2.05, 4.69) is 6.07 Å². The van der Waals surface area contributed by atoms with Crippen molar-refractivity contribution in [1.29, 1.82) is 0 Å². The Kier molecular flexibility index (Phi) is 8.71. The topological polar surface area (TPSA) is 71.0 Å². The van der Waals surface area contributed by atoms with E-state index in [1.54, 1.807) is 18.2 Å². The van der Waals surface area contributed by atoms with Crippen molar-refractivity contribution < 1.29 is 25.8 Å². The molecule has 0 amide bonds. The first-order chi connectivity index (χ1) is 28.4. The Labute approximate surface area is 350 Å². The first-order valence-corrected chi connectivity index (χ1v) is 21.6. The Balaban J connectivity index is 1.09. The number of rotatable bonds is 4. The van der Waals surface area contributed by atoms with Gasteiger partial charge in [-0.15, -0.1) is 12.1 Å². The Bertz CT molecular complexity index is 3160. The van der Waals surface area contributed by atoms with Gasteiger partial charge in [0.1, 0.15) is 0 Å². The Hall–Kier alpha value is -5.42. The third-order valence-corrected chi connectivity index (χ3v) is 13.2. The van der Waals surface area contributed by atoms with Crippen LogP contribution >= 0.6 is 62.9 Å². The van der Waals surface area contributed by atoms with E-state index in [1.165, 1.54) is 0 Å². The van der Waals surface area contributed by atoms with Gasteiger partial charge in [-0.1, -0.05) is 150 Å². The predicted octanol–water partition coefficient (Wildman–Crippen LogP) is 17.6. The maximum atomic E-state index is 6.99. The summed E-state index contributed by atoms with van der Waals surface area (Å²) in [5.41, 5.74) is 1.67. The summed E-state index contributed by atoms with van der Waals surface area (Å²) in [6.45, 7) is 0. The van der Waals surface area contributed by atoms with Crippen molar-refractivity contribution in [1.82, 2.24) is 0 Å². The highest BCUT2D eigenvalue weighted by molar-refractivity contribution is 7.32. The zero-order valence-corrected chi connectivity index (χ0v) is 34.4. The molecule has 0 atom stereocenters. The van der Waals surface area contributed by atoms with Gasteiger partial charge in [0, 0.05) is 33.0 Å². The molecule has 0 unspecified atom stereocenters. The van der Waals surface area contributed by atoms with Crippen LogP contribution in [0.5, 0.6) is 11.5 Å². The normalized spacial score (nSPS) is 11.8. The number of benzene rings is 9. The fourth-order valence-electron chi connectivity index (χ4n) is 7.63. The standard InChI is InChI=1S/C46H23Cl4O6P2/c47-35-20-25-10-1-5-16-31(25)39-40-32-17-6-2-11-26(32)21-36(48)44(40)54-57(53-43(35)39)51-29-14-9-15-30(24-29)52-58-55-45-37(49)22-27-12-3-7-18-33(27)41(45)42-34-19-8-4-13-28(34)23-38(50)46(42)56-58/h1-23H/q-1. The Morgan fingerprint density at radius 3 is 0.931 bits per heavy atom. The summed E-state index contributed by atoms with van der Waals surface area (Å²) >= 11 is 28.0. The highest BCUT2D eigenvalue weighted by Gasteiger charge is 2.20. The second kappa shape index (κ2) is 14.1. The number of fused-ring (bicyclic) bond motifs is 14. The molecular formula is C46H23Cl4O6P2-. The van der Waals surface area contributed by atoms with E-state index in [1.807, 2.05) is 121 Å². The van der Waals surface area contributed by atoms with Crippen LogP contribution in [0, 0.1) is 6.07 Å². The molecule has 0 aliphatic heterocycles. The van der Waals surface area contributed by atoms with Gasteiger partial charge in [-0.25, -0.2) is 0 Å². The third kappa shape index (κ3) is 5.95.